The van der Waals surface area contributed by atoms with Crippen molar-refractivity contribution in [3.05, 3.63) is 28.7 Å². The second-order valence-corrected chi connectivity index (χ2v) is 4.13. The summed E-state index contributed by atoms with van der Waals surface area (Å²) in [6, 6.07) is 2.77. The van der Waals surface area contributed by atoms with E-state index in [0.717, 1.165) is 0 Å². The highest BCUT2D eigenvalue weighted by Gasteiger charge is 2.13. The number of carbonyl (C=O) groups is 2. The molecule has 0 bridgehead atoms. The van der Waals surface area contributed by atoms with Gasteiger partial charge in [-0.1, -0.05) is 0 Å². The van der Waals surface area contributed by atoms with Crippen LogP contribution in [0.5, 0.6) is 0 Å². The molecule has 0 saturated carbocycles. The number of nitrogens with one attached hydrogen (secondary N) is 1. The lowest BCUT2D eigenvalue weighted by atomic mass is 10.4. The highest BCUT2D eigenvalue weighted by atomic mass is 16.2. The molecule has 0 aliphatic rings. The maximum Gasteiger partial charge on any atom is 0.251 e. The van der Waals surface area contributed by atoms with Crippen molar-refractivity contribution in [2.24, 2.45) is 0 Å². The van der Waals surface area contributed by atoms with Crippen molar-refractivity contribution >= 4 is 17.5 Å². The number of aromatic nitrogens is 1. The molecule has 0 radical (unpaired) electrons. The summed E-state index contributed by atoms with van der Waals surface area (Å²) in [7, 11) is 1.51. The third-order valence-electron chi connectivity index (χ3n) is 2.49. The summed E-state index contributed by atoms with van der Waals surface area (Å²) in [5, 5.41) is 2.59. The standard InChI is InChI=1S/C12H18N4O3/c1-3-14-10(17)7-15(2)12(19)8-16-6-9(13)4-5-11(16)18/h4-6H,3,7-8,13H2,1-2H3,(H,14,17). The Morgan fingerprint density at radius 3 is 2.74 bits per heavy atom. The van der Waals surface area contributed by atoms with Crippen LogP contribution < -0.4 is 16.6 Å². The molecule has 104 valence electrons. The third-order valence-corrected chi connectivity index (χ3v) is 2.49. The van der Waals surface area contributed by atoms with Crippen molar-refractivity contribution in [2.75, 3.05) is 25.9 Å². The van der Waals surface area contributed by atoms with Gasteiger partial charge in [0, 0.05) is 31.5 Å². The minimum absolute atomic E-state index is 0.0380. The first kappa shape index (κ1) is 14.7. The molecule has 0 aromatic carbocycles. The molecule has 2 amide bonds. The summed E-state index contributed by atoms with van der Waals surface area (Å²) < 4.78 is 1.21. The average Bonchev–Trinajstić information content (AvgIpc) is 2.34. The van der Waals surface area contributed by atoms with E-state index < -0.39 is 0 Å². The summed E-state index contributed by atoms with van der Waals surface area (Å²) in [4.78, 5) is 36.0. The maximum absolute atomic E-state index is 11.9. The first-order chi connectivity index (χ1) is 8.93. The molecule has 1 aromatic rings. The van der Waals surface area contributed by atoms with Gasteiger partial charge in [-0.05, 0) is 13.0 Å². The molecule has 7 nitrogen and oxygen atoms in total. The lowest BCUT2D eigenvalue weighted by Crippen LogP contribution is -2.40. The van der Waals surface area contributed by atoms with Gasteiger partial charge in [0.1, 0.15) is 6.54 Å². The molecule has 1 rings (SSSR count). The van der Waals surface area contributed by atoms with Crippen LogP contribution in [0.4, 0.5) is 5.69 Å². The van der Waals surface area contributed by atoms with Crippen LogP contribution in [0.2, 0.25) is 0 Å². The van der Waals surface area contributed by atoms with Crippen molar-refractivity contribution < 1.29 is 9.59 Å². The van der Waals surface area contributed by atoms with Crippen LogP contribution in [0.1, 0.15) is 6.92 Å². The van der Waals surface area contributed by atoms with Crippen molar-refractivity contribution in [1.82, 2.24) is 14.8 Å². The molecular weight excluding hydrogens is 248 g/mol. The van der Waals surface area contributed by atoms with Crippen LogP contribution in [0.25, 0.3) is 0 Å². The van der Waals surface area contributed by atoms with Gasteiger partial charge in [-0.25, -0.2) is 0 Å². The highest BCUT2D eigenvalue weighted by Crippen LogP contribution is 1.97. The number of nitrogens with two attached hydrogens (primary N) is 1. The monoisotopic (exact) mass is 266 g/mol. The summed E-state index contributed by atoms with van der Waals surface area (Å²) in [5.41, 5.74) is 5.64. The molecule has 7 heteroatoms. The molecule has 0 aliphatic carbocycles. The number of anilines is 1. The Labute approximate surface area is 111 Å². The van der Waals surface area contributed by atoms with Gasteiger partial charge in [0.25, 0.3) is 5.56 Å². The fourth-order valence-electron chi connectivity index (χ4n) is 1.50. The van der Waals surface area contributed by atoms with E-state index in [2.05, 4.69) is 5.32 Å². The normalized spacial score (nSPS) is 10.0. The van der Waals surface area contributed by atoms with Gasteiger partial charge >= 0.3 is 0 Å². The largest absolute Gasteiger partial charge is 0.398 e. The first-order valence-corrected chi connectivity index (χ1v) is 5.90. The number of hydrogen-bond acceptors (Lipinski definition) is 4. The third kappa shape index (κ3) is 4.46. The molecule has 0 unspecified atom stereocenters. The Hall–Kier alpha value is -2.31. The molecule has 0 aliphatic heterocycles. The van der Waals surface area contributed by atoms with Gasteiger partial charge in [-0.2, -0.15) is 0 Å². The summed E-state index contributed by atoms with van der Waals surface area (Å²) in [5.74, 6) is -0.572. The van der Waals surface area contributed by atoms with E-state index in [0.29, 0.717) is 12.2 Å². The second-order valence-electron chi connectivity index (χ2n) is 4.13. The SMILES string of the molecule is CCNC(=O)CN(C)C(=O)Cn1cc(N)ccc1=O. The van der Waals surface area contributed by atoms with E-state index in [4.69, 9.17) is 5.73 Å². The Morgan fingerprint density at radius 2 is 2.11 bits per heavy atom. The Kier molecular flexibility index (Phi) is 5.11. The lowest BCUT2D eigenvalue weighted by molar-refractivity contribution is -0.135. The van der Waals surface area contributed by atoms with E-state index in [1.54, 1.807) is 6.92 Å². The number of nitrogen functional groups attached to an aromatic ring is 1. The minimum Gasteiger partial charge on any atom is -0.398 e. The fraction of sp³-hybridized carbons (Fsp3) is 0.417. The van der Waals surface area contributed by atoms with Crippen LogP contribution in [0.3, 0.4) is 0 Å². The number of pyridine rings is 1. The van der Waals surface area contributed by atoms with Crippen LogP contribution >= 0.6 is 0 Å². The molecule has 19 heavy (non-hydrogen) atoms. The first-order valence-electron chi connectivity index (χ1n) is 5.90. The molecule has 0 spiro atoms. The number of rotatable bonds is 5. The van der Waals surface area contributed by atoms with E-state index in [1.807, 2.05) is 0 Å². The zero-order valence-electron chi connectivity index (χ0n) is 11.0. The van der Waals surface area contributed by atoms with Gasteiger partial charge in [0.2, 0.25) is 11.8 Å². The van der Waals surface area contributed by atoms with Gasteiger partial charge in [-0.3, -0.25) is 14.4 Å². The highest BCUT2D eigenvalue weighted by molar-refractivity contribution is 5.84. The zero-order chi connectivity index (χ0) is 14.4. The lowest BCUT2D eigenvalue weighted by Gasteiger charge is -2.17. The maximum atomic E-state index is 11.9. The van der Waals surface area contributed by atoms with Gasteiger partial charge in [0.15, 0.2) is 0 Å². The zero-order valence-corrected chi connectivity index (χ0v) is 11.0. The van der Waals surface area contributed by atoms with Crippen LogP contribution in [0, 0.1) is 0 Å². The van der Waals surface area contributed by atoms with Crippen molar-refractivity contribution in [3.63, 3.8) is 0 Å². The molecule has 3 N–H and O–H groups in total. The molecule has 0 fully saturated rings. The minimum atomic E-state index is -0.334. The smallest absolute Gasteiger partial charge is 0.251 e. The van der Waals surface area contributed by atoms with Crippen LogP contribution in [-0.4, -0.2) is 41.4 Å². The summed E-state index contributed by atoms with van der Waals surface area (Å²) in [6.45, 7) is 2.13. The molecule has 1 heterocycles. The number of carbonyl (C=O) groups excluding carboxylic acids is 2. The van der Waals surface area contributed by atoms with Gasteiger partial charge in [0.05, 0.1) is 6.54 Å². The Bertz CT molecular complexity index is 524. The van der Waals surface area contributed by atoms with Crippen LogP contribution in [-0.2, 0) is 16.1 Å². The molecule has 0 saturated heterocycles. The van der Waals surface area contributed by atoms with Crippen molar-refractivity contribution in [1.29, 1.82) is 0 Å². The summed E-state index contributed by atoms with van der Waals surface area (Å²) >= 11 is 0. The quantitative estimate of drug-likeness (QED) is 0.716. The van der Waals surface area contributed by atoms with Gasteiger partial charge in [-0.15, -0.1) is 0 Å². The topological polar surface area (TPSA) is 97.4 Å². The van der Waals surface area contributed by atoms with Crippen molar-refractivity contribution in [3.8, 4) is 0 Å². The van der Waals surface area contributed by atoms with E-state index in [9.17, 15) is 14.4 Å². The predicted octanol–water partition coefficient (Wildman–Crippen LogP) is -0.975. The number of hydrogen-bond donors (Lipinski definition) is 2. The van der Waals surface area contributed by atoms with Crippen LogP contribution in [0.15, 0.2) is 23.1 Å². The van der Waals surface area contributed by atoms with E-state index in [-0.39, 0.29) is 30.5 Å². The molecule has 1 aromatic heterocycles. The average molecular weight is 266 g/mol. The van der Waals surface area contributed by atoms with E-state index >= 15 is 0 Å². The number of amides is 2. The van der Waals surface area contributed by atoms with Gasteiger partial charge < -0.3 is 20.5 Å². The number of likely N-dealkylation sites (N-methyl/N-ethyl adjacent to an activating group) is 2. The number of nitrogens with zero attached hydrogens (tertiary/aromatic N) is 2. The second kappa shape index (κ2) is 6.58. The van der Waals surface area contributed by atoms with Crippen molar-refractivity contribution in [2.45, 2.75) is 13.5 Å². The van der Waals surface area contributed by atoms with E-state index in [1.165, 1.54) is 34.8 Å². The molecule has 0 atom stereocenters. The molecular formula is C12H18N4O3. The Balaban J connectivity index is 2.66. The fourth-order valence-corrected chi connectivity index (χ4v) is 1.50. The summed E-state index contributed by atoms with van der Waals surface area (Å²) in [6.07, 6.45) is 1.40. The predicted molar refractivity (Wildman–Crippen MR) is 71.4 cm³/mol. The Morgan fingerprint density at radius 1 is 1.42 bits per heavy atom.